The van der Waals surface area contributed by atoms with Crippen molar-refractivity contribution >= 4 is 23.4 Å². The summed E-state index contributed by atoms with van der Waals surface area (Å²) in [5, 5.41) is 10.2. The average molecular weight is 481 g/mol. The number of benzene rings is 1. The van der Waals surface area contributed by atoms with Crippen molar-refractivity contribution in [3.8, 4) is 5.75 Å². The quantitative estimate of drug-likeness (QED) is 0.660. The summed E-state index contributed by atoms with van der Waals surface area (Å²) in [6.07, 6.45) is 3.38. The van der Waals surface area contributed by atoms with Crippen molar-refractivity contribution in [2.24, 2.45) is 13.0 Å². The van der Waals surface area contributed by atoms with Crippen molar-refractivity contribution in [3.63, 3.8) is 0 Å². The van der Waals surface area contributed by atoms with Gasteiger partial charge in [-0.3, -0.25) is 14.3 Å². The Labute approximate surface area is 195 Å². The molecule has 1 aromatic carbocycles. The summed E-state index contributed by atoms with van der Waals surface area (Å²) in [4.78, 5) is 25.5. The molecule has 3 fully saturated rings. The minimum absolute atomic E-state index is 0.0132. The summed E-state index contributed by atoms with van der Waals surface area (Å²) in [6, 6.07) is 4.02. The van der Waals surface area contributed by atoms with Gasteiger partial charge in [0.25, 0.3) is 11.8 Å². The molecule has 0 aliphatic heterocycles. The lowest BCUT2D eigenvalue weighted by molar-refractivity contribution is -0.128. The van der Waals surface area contributed by atoms with Gasteiger partial charge in [0.1, 0.15) is 11.6 Å². The standard InChI is InChI=1S/C23H27ClF2N4O3/c1-13-11-22(28-21(32)20-19(26)14(2)29-30(20)3)6-8-23(13,9-7-22)27-18(31)12-33-15-4-5-16(24)17(25)10-15/h4-5,10,13H,6-9,11-12H2,1-3H3,(H,27,31)(H,28,32). The highest BCUT2D eigenvalue weighted by Crippen LogP contribution is 2.50. The summed E-state index contributed by atoms with van der Waals surface area (Å²) in [5.74, 6) is -1.65. The first-order valence-corrected chi connectivity index (χ1v) is 11.3. The molecule has 1 aromatic heterocycles. The van der Waals surface area contributed by atoms with E-state index in [-0.39, 0.29) is 40.6 Å². The van der Waals surface area contributed by atoms with Crippen LogP contribution in [0.15, 0.2) is 18.2 Å². The molecule has 3 saturated carbocycles. The van der Waals surface area contributed by atoms with E-state index in [1.165, 1.54) is 23.7 Å². The summed E-state index contributed by atoms with van der Waals surface area (Å²) < 4.78 is 34.6. The van der Waals surface area contributed by atoms with Gasteiger partial charge in [0.2, 0.25) is 0 Å². The molecular weight excluding hydrogens is 454 g/mol. The SMILES string of the molecule is Cc1nn(C)c(C(=O)NC23CCC(NC(=O)COc4ccc(Cl)c(F)c4)(CC2)C(C)C3)c1F. The molecule has 3 aliphatic rings. The molecule has 2 bridgehead atoms. The summed E-state index contributed by atoms with van der Waals surface area (Å²) in [6.45, 7) is 3.33. The number of rotatable bonds is 6. The number of hydrogen-bond donors (Lipinski definition) is 2. The molecule has 1 heterocycles. The van der Waals surface area contributed by atoms with Gasteiger partial charge in [0, 0.05) is 24.2 Å². The molecule has 3 aliphatic carbocycles. The number of nitrogens with zero attached hydrogens (tertiary/aromatic N) is 2. The fourth-order valence-corrected chi connectivity index (χ4v) is 5.40. The number of nitrogens with one attached hydrogen (secondary N) is 2. The highest BCUT2D eigenvalue weighted by atomic mass is 35.5. The first-order valence-electron chi connectivity index (χ1n) is 10.9. The second kappa shape index (κ2) is 8.59. The van der Waals surface area contributed by atoms with Crippen molar-refractivity contribution in [1.82, 2.24) is 20.4 Å². The molecule has 2 N–H and O–H groups in total. The number of amides is 2. The van der Waals surface area contributed by atoms with Gasteiger partial charge in [-0.15, -0.1) is 0 Å². The maximum Gasteiger partial charge on any atom is 0.273 e. The molecule has 10 heteroatoms. The van der Waals surface area contributed by atoms with E-state index >= 15 is 0 Å². The molecule has 1 atom stereocenters. The summed E-state index contributed by atoms with van der Waals surface area (Å²) in [5.41, 5.74) is -0.718. The molecule has 0 radical (unpaired) electrons. The Hall–Kier alpha value is -2.68. The second-order valence-corrected chi connectivity index (χ2v) is 9.69. The van der Waals surface area contributed by atoms with E-state index in [0.29, 0.717) is 32.1 Å². The van der Waals surface area contributed by atoms with Crippen LogP contribution in [-0.2, 0) is 11.8 Å². The molecule has 1 unspecified atom stereocenters. The largest absolute Gasteiger partial charge is 0.484 e. The third kappa shape index (κ3) is 4.43. The van der Waals surface area contributed by atoms with Gasteiger partial charge in [-0.25, -0.2) is 8.78 Å². The second-order valence-electron chi connectivity index (χ2n) is 9.28. The molecule has 2 aromatic rings. The van der Waals surface area contributed by atoms with E-state index < -0.39 is 28.6 Å². The number of aromatic nitrogens is 2. The molecule has 7 nitrogen and oxygen atoms in total. The fraction of sp³-hybridized carbons (Fsp3) is 0.522. The Kier molecular flexibility index (Phi) is 6.11. The first-order chi connectivity index (χ1) is 15.5. The number of hydrogen-bond acceptors (Lipinski definition) is 4. The fourth-order valence-electron chi connectivity index (χ4n) is 5.29. The summed E-state index contributed by atoms with van der Waals surface area (Å²) in [7, 11) is 1.55. The average Bonchev–Trinajstić information content (AvgIpc) is 3.01. The molecule has 33 heavy (non-hydrogen) atoms. The first kappa shape index (κ1) is 23.5. The van der Waals surface area contributed by atoms with Crippen LogP contribution in [-0.4, -0.2) is 39.3 Å². The van der Waals surface area contributed by atoms with E-state index in [9.17, 15) is 18.4 Å². The topological polar surface area (TPSA) is 85.3 Å². The Morgan fingerprint density at radius 2 is 1.94 bits per heavy atom. The summed E-state index contributed by atoms with van der Waals surface area (Å²) >= 11 is 5.66. The van der Waals surface area contributed by atoms with Crippen molar-refractivity contribution < 1.29 is 23.1 Å². The predicted molar refractivity (Wildman–Crippen MR) is 118 cm³/mol. The van der Waals surface area contributed by atoms with Gasteiger partial charge in [0.05, 0.1) is 10.7 Å². The van der Waals surface area contributed by atoms with Crippen molar-refractivity contribution in [2.75, 3.05) is 6.61 Å². The van der Waals surface area contributed by atoms with Crippen LogP contribution >= 0.6 is 11.6 Å². The third-order valence-electron chi connectivity index (χ3n) is 7.13. The van der Waals surface area contributed by atoms with E-state index in [4.69, 9.17) is 16.3 Å². The lowest BCUT2D eigenvalue weighted by Gasteiger charge is -2.57. The molecule has 2 amide bonds. The van der Waals surface area contributed by atoms with Gasteiger partial charge in [-0.05, 0) is 57.1 Å². The monoisotopic (exact) mass is 480 g/mol. The molecular formula is C23H27ClF2N4O3. The van der Waals surface area contributed by atoms with Crippen molar-refractivity contribution in [1.29, 1.82) is 0 Å². The van der Waals surface area contributed by atoms with Crippen LogP contribution in [0.1, 0.15) is 55.2 Å². The van der Waals surface area contributed by atoms with Crippen molar-refractivity contribution in [3.05, 3.63) is 46.2 Å². The van der Waals surface area contributed by atoms with Crippen LogP contribution in [0.5, 0.6) is 5.75 Å². The Bertz CT molecular complexity index is 1100. The van der Waals surface area contributed by atoms with Gasteiger partial charge in [0.15, 0.2) is 18.1 Å². The Balaban J connectivity index is 1.37. The minimum atomic E-state index is -0.610. The van der Waals surface area contributed by atoms with Gasteiger partial charge in [-0.2, -0.15) is 5.10 Å². The van der Waals surface area contributed by atoms with E-state index in [1.807, 2.05) is 6.92 Å². The molecule has 0 saturated heterocycles. The number of carbonyl (C=O) groups excluding carboxylic acids is 2. The Morgan fingerprint density at radius 1 is 1.24 bits per heavy atom. The van der Waals surface area contributed by atoms with Crippen LogP contribution in [0.25, 0.3) is 0 Å². The van der Waals surface area contributed by atoms with E-state index in [1.54, 1.807) is 7.05 Å². The molecule has 178 valence electrons. The maximum absolute atomic E-state index is 14.4. The number of carbonyl (C=O) groups is 2. The highest BCUT2D eigenvalue weighted by molar-refractivity contribution is 6.30. The normalized spacial score (nSPS) is 26.2. The van der Waals surface area contributed by atoms with Gasteiger partial charge >= 0.3 is 0 Å². The predicted octanol–water partition coefficient (Wildman–Crippen LogP) is 3.68. The third-order valence-corrected chi connectivity index (χ3v) is 7.44. The van der Waals surface area contributed by atoms with Crippen LogP contribution in [0.4, 0.5) is 8.78 Å². The Morgan fingerprint density at radius 3 is 2.52 bits per heavy atom. The number of aryl methyl sites for hydroxylation is 2. The zero-order valence-corrected chi connectivity index (χ0v) is 19.6. The van der Waals surface area contributed by atoms with Crippen molar-refractivity contribution in [2.45, 2.75) is 57.0 Å². The number of halogens is 3. The molecule has 0 spiro atoms. The van der Waals surface area contributed by atoms with Crippen LogP contribution in [0.3, 0.4) is 0 Å². The lowest BCUT2D eigenvalue weighted by Crippen LogP contribution is -2.67. The van der Waals surface area contributed by atoms with Gasteiger partial charge in [-0.1, -0.05) is 18.5 Å². The smallest absolute Gasteiger partial charge is 0.273 e. The number of ether oxygens (including phenoxy) is 1. The zero-order valence-electron chi connectivity index (χ0n) is 18.8. The zero-order chi connectivity index (χ0) is 24.0. The van der Waals surface area contributed by atoms with E-state index in [0.717, 1.165) is 6.07 Å². The van der Waals surface area contributed by atoms with Crippen LogP contribution in [0.2, 0.25) is 5.02 Å². The number of fused-ring (bicyclic) bond motifs is 3. The minimum Gasteiger partial charge on any atom is -0.484 e. The van der Waals surface area contributed by atoms with E-state index in [2.05, 4.69) is 15.7 Å². The van der Waals surface area contributed by atoms with Crippen LogP contribution < -0.4 is 15.4 Å². The van der Waals surface area contributed by atoms with Gasteiger partial charge < -0.3 is 15.4 Å². The molecule has 5 rings (SSSR count). The lowest BCUT2D eigenvalue weighted by atomic mass is 9.56. The maximum atomic E-state index is 14.4. The highest BCUT2D eigenvalue weighted by Gasteiger charge is 2.54. The van der Waals surface area contributed by atoms with Crippen LogP contribution in [0, 0.1) is 24.5 Å².